The molecule has 2 N–H and O–H groups in total. The number of hydrogen-bond donors (Lipinski definition) is 2. The number of rotatable bonds is 7. The minimum atomic E-state index is -1.12. The highest BCUT2D eigenvalue weighted by Gasteiger charge is 2.36. The van der Waals surface area contributed by atoms with Crippen LogP contribution in [-0.2, 0) is 20.7 Å². The van der Waals surface area contributed by atoms with Crippen molar-refractivity contribution in [3.63, 3.8) is 0 Å². The molecule has 1 saturated heterocycles. The normalized spacial score (nSPS) is 17.5. The molecule has 1 heterocycles. The van der Waals surface area contributed by atoms with E-state index in [4.69, 9.17) is 16.3 Å². The van der Waals surface area contributed by atoms with Crippen molar-refractivity contribution in [1.29, 1.82) is 0 Å². The lowest BCUT2D eigenvalue weighted by atomic mass is 9.91. The largest absolute Gasteiger partial charge is 0.376 e. The number of amides is 2. The molecular formula is C18H25ClN2O3. The maximum absolute atomic E-state index is 12.3. The lowest BCUT2D eigenvalue weighted by Crippen LogP contribution is -2.49. The van der Waals surface area contributed by atoms with Gasteiger partial charge in [0.2, 0.25) is 11.8 Å². The molecule has 1 atom stereocenters. The van der Waals surface area contributed by atoms with E-state index in [2.05, 4.69) is 10.6 Å². The van der Waals surface area contributed by atoms with E-state index in [-0.39, 0.29) is 17.9 Å². The van der Waals surface area contributed by atoms with Crippen LogP contribution >= 0.6 is 11.6 Å². The van der Waals surface area contributed by atoms with Crippen molar-refractivity contribution in [2.45, 2.75) is 39.2 Å². The minimum absolute atomic E-state index is 0.0654. The molecule has 5 nitrogen and oxygen atoms in total. The molecule has 1 aliphatic rings. The zero-order valence-corrected chi connectivity index (χ0v) is 15.0. The second-order valence-electron chi connectivity index (χ2n) is 6.61. The van der Waals surface area contributed by atoms with Crippen LogP contribution in [0, 0.1) is 5.41 Å². The summed E-state index contributed by atoms with van der Waals surface area (Å²) in [6.45, 7) is 4.92. The summed E-state index contributed by atoms with van der Waals surface area (Å²) in [5.41, 5.74) is -0.0733. The Kier molecular flexibility index (Phi) is 6.63. The van der Waals surface area contributed by atoms with Gasteiger partial charge >= 0.3 is 0 Å². The molecule has 0 spiro atoms. The number of carbonyl (C=O) groups is 2. The maximum Gasteiger partial charge on any atom is 0.235 e. The second-order valence-corrected chi connectivity index (χ2v) is 7.04. The van der Waals surface area contributed by atoms with Gasteiger partial charge in [0.15, 0.2) is 0 Å². The van der Waals surface area contributed by atoms with Crippen LogP contribution in [0.2, 0.25) is 5.02 Å². The van der Waals surface area contributed by atoms with Crippen LogP contribution in [0.3, 0.4) is 0 Å². The van der Waals surface area contributed by atoms with E-state index in [1.54, 1.807) is 13.8 Å². The maximum atomic E-state index is 12.3. The van der Waals surface area contributed by atoms with Gasteiger partial charge in [-0.25, -0.2) is 0 Å². The van der Waals surface area contributed by atoms with E-state index in [0.717, 1.165) is 25.0 Å². The van der Waals surface area contributed by atoms with Gasteiger partial charge in [-0.15, -0.1) is 0 Å². The van der Waals surface area contributed by atoms with Gasteiger partial charge < -0.3 is 15.4 Å². The van der Waals surface area contributed by atoms with E-state index in [0.29, 0.717) is 24.5 Å². The third kappa shape index (κ3) is 5.21. The summed E-state index contributed by atoms with van der Waals surface area (Å²) in [5.74, 6) is -0.562. The lowest BCUT2D eigenvalue weighted by Gasteiger charge is -2.23. The number of nitrogens with one attached hydrogen (secondary N) is 2. The predicted molar refractivity (Wildman–Crippen MR) is 93.9 cm³/mol. The molecule has 1 aromatic rings. The van der Waals surface area contributed by atoms with E-state index < -0.39 is 5.41 Å². The van der Waals surface area contributed by atoms with Gasteiger partial charge in [0.05, 0.1) is 6.10 Å². The molecule has 1 unspecified atom stereocenters. The molecule has 1 fully saturated rings. The number of carbonyl (C=O) groups excluding carboxylic acids is 2. The summed E-state index contributed by atoms with van der Waals surface area (Å²) in [6.07, 6.45) is 2.70. The smallest absolute Gasteiger partial charge is 0.235 e. The molecule has 24 heavy (non-hydrogen) atoms. The Bertz CT molecular complexity index is 583. The highest BCUT2D eigenvalue weighted by molar-refractivity contribution is 6.30. The fourth-order valence-electron chi connectivity index (χ4n) is 2.57. The number of benzene rings is 1. The minimum Gasteiger partial charge on any atom is -0.376 e. The van der Waals surface area contributed by atoms with E-state index in [1.165, 1.54) is 0 Å². The highest BCUT2D eigenvalue weighted by Crippen LogP contribution is 2.17. The van der Waals surface area contributed by atoms with Crippen LogP contribution in [0.15, 0.2) is 24.3 Å². The van der Waals surface area contributed by atoms with Gasteiger partial charge in [0.1, 0.15) is 5.41 Å². The Morgan fingerprint density at radius 3 is 2.71 bits per heavy atom. The van der Waals surface area contributed by atoms with Crippen LogP contribution < -0.4 is 10.6 Å². The quantitative estimate of drug-likeness (QED) is 0.740. The van der Waals surface area contributed by atoms with Gasteiger partial charge in [-0.1, -0.05) is 23.7 Å². The fourth-order valence-corrected chi connectivity index (χ4v) is 2.78. The molecule has 2 amide bonds. The number of ether oxygens (including phenoxy) is 1. The molecule has 2 rings (SSSR count). The first-order valence-electron chi connectivity index (χ1n) is 8.32. The van der Waals surface area contributed by atoms with Crippen molar-refractivity contribution >= 4 is 23.4 Å². The third-order valence-electron chi connectivity index (χ3n) is 4.24. The first kappa shape index (κ1) is 18.7. The molecular weight excluding hydrogens is 328 g/mol. The van der Waals surface area contributed by atoms with Gasteiger partial charge in [-0.2, -0.15) is 0 Å². The first-order chi connectivity index (χ1) is 11.4. The molecule has 0 radical (unpaired) electrons. The predicted octanol–water partition coefficient (Wildman–Crippen LogP) is 2.32. The molecule has 0 saturated carbocycles. The van der Waals surface area contributed by atoms with Crippen molar-refractivity contribution in [2.75, 3.05) is 19.7 Å². The van der Waals surface area contributed by atoms with Crippen molar-refractivity contribution in [3.8, 4) is 0 Å². The summed E-state index contributed by atoms with van der Waals surface area (Å²) >= 11 is 5.94. The lowest BCUT2D eigenvalue weighted by molar-refractivity contribution is -0.141. The monoisotopic (exact) mass is 352 g/mol. The Balaban J connectivity index is 1.77. The summed E-state index contributed by atoms with van der Waals surface area (Å²) < 4.78 is 5.47. The Morgan fingerprint density at radius 1 is 1.29 bits per heavy atom. The molecule has 1 aromatic carbocycles. The van der Waals surface area contributed by atoms with Crippen molar-refractivity contribution in [1.82, 2.24) is 10.6 Å². The van der Waals surface area contributed by atoms with Gasteiger partial charge in [0, 0.05) is 24.7 Å². The van der Waals surface area contributed by atoms with Gasteiger partial charge in [-0.3, -0.25) is 9.59 Å². The SMILES string of the molecule is CC(C)(C(=O)NCCc1cccc(Cl)c1)C(=O)NCC1CCCO1. The molecule has 1 aliphatic heterocycles. The summed E-state index contributed by atoms with van der Waals surface area (Å²) in [5, 5.41) is 6.32. The standard InChI is InChI=1S/C18H25ClN2O3/c1-18(2,17(23)21-12-15-7-4-10-24-15)16(22)20-9-8-13-5-3-6-14(19)11-13/h3,5-6,11,15H,4,7-10,12H2,1-2H3,(H,20,22)(H,21,23). The molecule has 0 aromatic heterocycles. The van der Waals surface area contributed by atoms with Crippen LogP contribution in [0.1, 0.15) is 32.3 Å². The fraction of sp³-hybridized carbons (Fsp3) is 0.556. The van der Waals surface area contributed by atoms with Crippen LogP contribution in [0.5, 0.6) is 0 Å². The topological polar surface area (TPSA) is 67.4 Å². The molecule has 132 valence electrons. The zero-order chi connectivity index (χ0) is 17.6. The van der Waals surface area contributed by atoms with E-state index in [1.807, 2.05) is 24.3 Å². The number of halogens is 1. The van der Waals surface area contributed by atoms with E-state index in [9.17, 15) is 9.59 Å². The summed E-state index contributed by atoms with van der Waals surface area (Å²) in [7, 11) is 0. The Morgan fingerprint density at radius 2 is 2.04 bits per heavy atom. The van der Waals surface area contributed by atoms with Gasteiger partial charge in [0.25, 0.3) is 0 Å². The van der Waals surface area contributed by atoms with Crippen molar-refractivity contribution in [3.05, 3.63) is 34.9 Å². The average molecular weight is 353 g/mol. The average Bonchev–Trinajstić information content (AvgIpc) is 3.05. The molecule has 6 heteroatoms. The van der Waals surface area contributed by atoms with Gasteiger partial charge in [-0.05, 0) is 50.8 Å². The van der Waals surface area contributed by atoms with Crippen LogP contribution in [0.4, 0.5) is 0 Å². The Labute approximate surface area is 148 Å². The van der Waals surface area contributed by atoms with Crippen LogP contribution in [-0.4, -0.2) is 37.6 Å². The zero-order valence-electron chi connectivity index (χ0n) is 14.2. The molecule has 0 aliphatic carbocycles. The summed E-state index contributed by atoms with van der Waals surface area (Å²) in [6, 6.07) is 7.51. The number of hydrogen-bond acceptors (Lipinski definition) is 3. The third-order valence-corrected chi connectivity index (χ3v) is 4.47. The van der Waals surface area contributed by atoms with Crippen molar-refractivity contribution in [2.24, 2.45) is 5.41 Å². The summed E-state index contributed by atoms with van der Waals surface area (Å²) in [4.78, 5) is 24.6. The Hall–Kier alpha value is -1.59. The second kappa shape index (κ2) is 8.49. The van der Waals surface area contributed by atoms with E-state index >= 15 is 0 Å². The molecule has 0 bridgehead atoms. The van der Waals surface area contributed by atoms with Crippen LogP contribution in [0.25, 0.3) is 0 Å². The van der Waals surface area contributed by atoms with Crippen molar-refractivity contribution < 1.29 is 14.3 Å². The first-order valence-corrected chi connectivity index (χ1v) is 8.70. The highest BCUT2D eigenvalue weighted by atomic mass is 35.5.